The normalized spacial score (nSPS) is 11.1. The number of pyridine rings is 1. The van der Waals surface area contributed by atoms with E-state index in [0.29, 0.717) is 33.6 Å². The average Bonchev–Trinajstić information content (AvgIpc) is 3.11. The lowest BCUT2D eigenvalue weighted by Gasteiger charge is -2.15. The Balaban J connectivity index is 2.00. The van der Waals surface area contributed by atoms with Gasteiger partial charge in [0.2, 0.25) is 0 Å². The molecule has 1 N–H and O–H groups in total. The largest absolute Gasteiger partial charge is 0.490 e. The Morgan fingerprint density at radius 3 is 2.40 bits per heavy atom. The minimum Gasteiger partial charge on any atom is -0.490 e. The summed E-state index contributed by atoms with van der Waals surface area (Å²) in [5.41, 5.74) is 3.29. The number of rotatable bonds is 5. The lowest BCUT2D eigenvalue weighted by Crippen LogP contribution is -2.18. The summed E-state index contributed by atoms with van der Waals surface area (Å²) < 4.78 is 25.6. The molecular weight excluding hydrogens is 383 g/mol. The van der Waals surface area contributed by atoms with Crippen LogP contribution in [0.1, 0.15) is 24.2 Å². The van der Waals surface area contributed by atoms with Crippen molar-refractivity contribution in [3.8, 4) is 28.2 Å². The van der Waals surface area contributed by atoms with Gasteiger partial charge in [0.05, 0.1) is 11.7 Å². The van der Waals surface area contributed by atoms with Crippen molar-refractivity contribution in [3.63, 3.8) is 0 Å². The molecule has 0 saturated carbocycles. The van der Waals surface area contributed by atoms with Gasteiger partial charge in [-0.25, -0.2) is 4.39 Å². The summed E-state index contributed by atoms with van der Waals surface area (Å²) in [7, 11) is 1.56. The van der Waals surface area contributed by atoms with E-state index in [-0.39, 0.29) is 17.8 Å². The molecule has 0 aliphatic heterocycles. The van der Waals surface area contributed by atoms with E-state index < -0.39 is 0 Å². The van der Waals surface area contributed by atoms with Gasteiger partial charge in [-0.3, -0.25) is 9.78 Å². The van der Waals surface area contributed by atoms with Crippen LogP contribution in [0.5, 0.6) is 5.75 Å². The molecule has 0 aliphatic carbocycles. The van der Waals surface area contributed by atoms with Crippen LogP contribution in [0.15, 0.2) is 65.3 Å². The van der Waals surface area contributed by atoms with Crippen molar-refractivity contribution in [3.05, 3.63) is 72.3 Å². The van der Waals surface area contributed by atoms with Gasteiger partial charge < -0.3 is 14.5 Å². The molecule has 0 aliphatic rings. The van der Waals surface area contributed by atoms with Gasteiger partial charge in [-0.2, -0.15) is 0 Å². The summed E-state index contributed by atoms with van der Waals surface area (Å²) >= 11 is 0. The number of benzene rings is 2. The fourth-order valence-electron chi connectivity index (χ4n) is 3.39. The van der Waals surface area contributed by atoms with Gasteiger partial charge in [0.25, 0.3) is 5.91 Å². The zero-order valence-electron chi connectivity index (χ0n) is 16.9. The van der Waals surface area contributed by atoms with E-state index in [1.54, 1.807) is 31.6 Å². The highest BCUT2D eigenvalue weighted by Gasteiger charge is 2.24. The molecule has 0 radical (unpaired) electrons. The van der Waals surface area contributed by atoms with Crippen LogP contribution in [0.4, 0.5) is 4.39 Å². The number of nitrogens with one attached hydrogen (secondary N) is 1. The molecule has 0 spiro atoms. The second kappa shape index (κ2) is 7.99. The zero-order chi connectivity index (χ0) is 21.3. The van der Waals surface area contributed by atoms with Crippen LogP contribution in [0.2, 0.25) is 0 Å². The maximum atomic E-state index is 13.4. The van der Waals surface area contributed by atoms with Gasteiger partial charge in [-0.15, -0.1) is 0 Å². The summed E-state index contributed by atoms with van der Waals surface area (Å²) in [6.45, 7) is 3.89. The molecule has 2 aromatic carbocycles. The van der Waals surface area contributed by atoms with Gasteiger partial charge in [0.15, 0.2) is 0 Å². The first-order valence-electron chi connectivity index (χ1n) is 9.63. The Hall–Kier alpha value is -3.67. The number of aromatic nitrogens is 1. The summed E-state index contributed by atoms with van der Waals surface area (Å²) in [5, 5.41) is 3.29. The van der Waals surface area contributed by atoms with Crippen LogP contribution >= 0.6 is 0 Å². The summed E-state index contributed by atoms with van der Waals surface area (Å²) in [6.07, 6.45) is 3.36. The molecule has 0 saturated heterocycles. The van der Waals surface area contributed by atoms with Gasteiger partial charge in [0, 0.05) is 36.0 Å². The monoisotopic (exact) mass is 404 g/mol. The minimum atomic E-state index is -0.357. The number of ether oxygens (including phenoxy) is 1. The average molecular weight is 404 g/mol. The molecule has 0 fully saturated rings. The standard InChI is InChI=1S/C24H21FN2O3/c1-14(2)29-20-13-19-21(12-18(20)15-8-10-27-11-9-15)30-23(22(19)24(28)26-3)16-4-6-17(25)7-5-16/h4-14H,1-3H3,(H,26,28). The zero-order valence-corrected chi connectivity index (χ0v) is 16.9. The van der Waals surface area contributed by atoms with Crippen molar-refractivity contribution in [2.45, 2.75) is 20.0 Å². The molecule has 4 aromatic rings. The number of carbonyl (C=O) groups excluding carboxylic acids is 1. The fourth-order valence-corrected chi connectivity index (χ4v) is 3.39. The first-order chi connectivity index (χ1) is 14.5. The van der Waals surface area contributed by atoms with E-state index in [0.717, 1.165) is 11.1 Å². The van der Waals surface area contributed by atoms with Crippen LogP contribution in [0.25, 0.3) is 33.4 Å². The van der Waals surface area contributed by atoms with Gasteiger partial charge in [-0.05, 0) is 67.9 Å². The molecule has 0 bridgehead atoms. The highest BCUT2D eigenvalue weighted by atomic mass is 19.1. The maximum absolute atomic E-state index is 13.4. The molecule has 2 heterocycles. The van der Waals surface area contributed by atoms with Gasteiger partial charge in [0.1, 0.15) is 22.9 Å². The number of furan rings is 1. The lowest BCUT2D eigenvalue weighted by molar-refractivity contribution is 0.0964. The summed E-state index contributed by atoms with van der Waals surface area (Å²) in [5.74, 6) is 0.371. The van der Waals surface area contributed by atoms with Gasteiger partial charge >= 0.3 is 0 Å². The summed E-state index contributed by atoms with van der Waals surface area (Å²) in [4.78, 5) is 16.8. The third-order valence-corrected chi connectivity index (χ3v) is 4.70. The molecule has 6 heteroatoms. The van der Waals surface area contributed by atoms with E-state index in [1.165, 1.54) is 12.1 Å². The van der Waals surface area contributed by atoms with Crippen molar-refractivity contribution in [2.24, 2.45) is 0 Å². The highest BCUT2D eigenvalue weighted by molar-refractivity contribution is 6.12. The second-order valence-electron chi connectivity index (χ2n) is 7.14. The van der Waals surface area contributed by atoms with E-state index in [2.05, 4.69) is 10.3 Å². The Kier molecular flexibility index (Phi) is 5.23. The van der Waals surface area contributed by atoms with Crippen molar-refractivity contribution in [1.29, 1.82) is 0 Å². The molecular formula is C24H21FN2O3. The quantitative estimate of drug-likeness (QED) is 0.481. The Morgan fingerprint density at radius 2 is 1.77 bits per heavy atom. The van der Waals surface area contributed by atoms with Crippen molar-refractivity contribution >= 4 is 16.9 Å². The van der Waals surface area contributed by atoms with Crippen molar-refractivity contribution in [1.82, 2.24) is 10.3 Å². The van der Waals surface area contributed by atoms with E-state index in [9.17, 15) is 9.18 Å². The molecule has 0 unspecified atom stereocenters. The topological polar surface area (TPSA) is 64.4 Å². The van der Waals surface area contributed by atoms with Crippen LogP contribution in [-0.4, -0.2) is 24.0 Å². The minimum absolute atomic E-state index is 0.0602. The van der Waals surface area contributed by atoms with Crippen LogP contribution in [-0.2, 0) is 0 Å². The molecule has 4 rings (SSSR count). The third-order valence-electron chi connectivity index (χ3n) is 4.70. The number of nitrogens with zero attached hydrogens (tertiary/aromatic N) is 1. The van der Waals surface area contributed by atoms with E-state index in [1.807, 2.05) is 38.1 Å². The fraction of sp³-hybridized carbons (Fsp3) is 0.167. The first-order valence-corrected chi connectivity index (χ1v) is 9.63. The molecule has 0 atom stereocenters. The molecule has 30 heavy (non-hydrogen) atoms. The number of hydrogen-bond acceptors (Lipinski definition) is 4. The van der Waals surface area contributed by atoms with Crippen LogP contribution in [0, 0.1) is 5.82 Å². The third kappa shape index (κ3) is 3.64. The number of carbonyl (C=O) groups is 1. The number of halogens is 1. The van der Waals surface area contributed by atoms with Crippen LogP contribution < -0.4 is 10.1 Å². The summed E-state index contributed by atoms with van der Waals surface area (Å²) in [6, 6.07) is 13.3. The molecule has 1 amide bonds. The molecule has 152 valence electrons. The predicted molar refractivity (Wildman–Crippen MR) is 114 cm³/mol. The van der Waals surface area contributed by atoms with E-state index in [4.69, 9.17) is 9.15 Å². The highest BCUT2D eigenvalue weighted by Crippen LogP contribution is 2.40. The predicted octanol–water partition coefficient (Wildman–Crippen LogP) is 5.45. The Bertz CT molecular complexity index is 1200. The maximum Gasteiger partial charge on any atom is 0.255 e. The first kappa shape index (κ1) is 19.6. The number of hydrogen-bond donors (Lipinski definition) is 1. The number of amides is 1. The van der Waals surface area contributed by atoms with Crippen LogP contribution in [0.3, 0.4) is 0 Å². The van der Waals surface area contributed by atoms with E-state index >= 15 is 0 Å². The smallest absolute Gasteiger partial charge is 0.255 e. The van der Waals surface area contributed by atoms with Gasteiger partial charge in [-0.1, -0.05) is 0 Å². The molecule has 5 nitrogen and oxygen atoms in total. The number of fused-ring (bicyclic) bond motifs is 1. The Morgan fingerprint density at radius 1 is 1.07 bits per heavy atom. The van der Waals surface area contributed by atoms with Crippen molar-refractivity contribution < 1.29 is 18.3 Å². The van der Waals surface area contributed by atoms with Crippen molar-refractivity contribution in [2.75, 3.05) is 7.05 Å². The second-order valence-corrected chi connectivity index (χ2v) is 7.14. The Labute approximate surface area is 173 Å². The SMILES string of the molecule is CNC(=O)c1c(-c2ccc(F)cc2)oc2cc(-c3ccncc3)c(OC(C)C)cc12. The molecule has 2 aromatic heterocycles. The lowest BCUT2D eigenvalue weighted by atomic mass is 10.0.